The van der Waals surface area contributed by atoms with E-state index >= 15 is 0 Å². The van der Waals surface area contributed by atoms with Crippen molar-refractivity contribution in [3.05, 3.63) is 22.8 Å². The topological polar surface area (TPSA) is 0 Å². The van der Waals surface area contributed by atoms with Crippen molar-refractivity contribution >= 4 is 0 Å². The molecule has 0 amide bonds. The fourth-order valence-corrected chi connectivity index (χ4v) is 4.05. The second-order valence-corrected chi connectivity index (χ2v) is 5.69. The van der Waals surface area contributed by atoms with Crippen molar-refractivity contribution in [1.82, 2.24) is 0 Å². The van der Waals surface area contributed by atoms with Crippen molar-refractivity contribution in [3.8, 4) is 0 Å². The largest absolute Gasteiger partial charge is 0.0813 e. The maximum absolute atomic E-state index is 2.61. The minimum absolute atomic E-state index is 0.998. The van der Waals surface area contributed by atoms with Crippen LogP contribution in [0.1, 0.15) is 44.9 Å². The zero-order valence-electron chi connectivity index (χ0n) is 8.76. The summed E-state index contributed by atoms with van der Waals surface area (Å²) in [5.41, 5.74) is 5.54. The molecule has 4 aliphatic carbocycles. The SMILES string of the molecule is C1=C(C[C@@H]2CCC3=C2C3)C2CCCC12. The van der Waals surface area contributed by atoms with Crippen LogP contribution in [-0.4, -0.2) is 0 Å². The Kier molecular flexibility index (Phi) is 1.40. The normalized spacial score (nSPS) is 43.1. The Morgan fingerprint density at radius 3 is 2.93 bits per heavy atom. The second-order valence-electron chi connectivity index (χ2n) is 5.69. The molecule has 0 aromatic rings. The van der Waals surface area contributed by atoms with Crippen molar-refractivity contribution in [1.29, 1.82) is 0 Å². The van der Waals surface area contributed by atoms with Crippen LogP contribution in [0.2, 0.25) is 0 Å². The summed E-state index contributed by atoms with van der Waals surface area (Å²) >= 11 is 0. The first-order valence-electron chi connectivity index (χ1n) is 6.33. The van der Waals surface area contributed by atoms with E-state index in [-0.39, 0.29) is 0 Å². The highest BCUT2D eigenvalue weighted by Gasteiger charge is 2.40. The van der Waals surface area contributed by atoms with Crippen LogP contribution in [0.4, 0.5) is 0 Å². The van der Waals surface area contributed by atoms with Crippen molar-refractivity contribution in [2.75, 3.05) is 0 Å². The summed E-state index contributed by atoms with van der Waals surface area (Å²) in [6, 6.07) is 0. The third-order valence-corrected chi connectivity index (χ3v) is 4.98. The quantitative estimate of drug-likeness (QED) is 0.575. The summed E-state index contributed by atoms with van der Waals surface area (Å²) in [5.74, 6) is 3.05. The van der Waals surface area contributed by atoms with Gasteiger partial charge < -0.3 is 0 Å². The highest BCUT2D eigenvalue weighted by Crippen LogP contribution is 2.55. The summed E-state index contributed by atoms with van der Waals surface area (Å²) in [7, 11) is 0. The molecule has 14 heavy (non-hydrogen) atoms. The van der Waals surface area contributed by atoms with Gasteiger partial charge in [0.15, 0.2) is 0 Å². The molecule has 0 heterocycles. The van der Waals surface area contributed by atoms with Gasteiger partial charge in [0.2, 0.25) is 0 Å². The van der Waals surface area contributed by atoms with E-state index in [9.17, 15) is 0 Å². The van der Waals surface area contributed by atoms with E-state index in [1.165, 1.54) is 44.9 Å². The first kappa shape index (κ1) is 7.73. The molecule has 0 saturated heterocycles. The van der Waals surface area contributed by atoms with Gasteiger partial charge in [0.25, 0.3) is 0 Å². The fraction of sp³-hybridized carbons (Fsp3) is 0.714. The Morgan fingerprint density at radius 2 is 2.21 bits per heavy atom. The lowest BCUT2D eigenvalue weighted by Crippen LogP contribution is -2.21. The van der Waals surface area contributed by atoms with Gasteiger partial charge in [0.1, 0.15) is 0 Å². The third kappa shape index (κ3) is 0.947. The summed E-state index contributed by atoms with van der Waals surface area (Å²) in [5, 5.41) is 0. The van der Waals surface area contributed by atoms with Gasteiger partial charge in [-0.05, 0) is 56.3 Å². The van der Waals surface area contributed by atoms with Crippen LogP contribution in [0.25, 0.3) is 0 Å². The van der Waals surface area contributed by atoms with Crippen LogP contribution in [0.5, 0.6) is 0 Å². The molecule has 4 rings (SSSR count). The molecule has 0 radical (unpaired) electrons. The maximum atomic E-state index is 2.61. The average Bonchev–Trinajstić information content (AvgIpc) is 2.70. The van der Waals surface area contributed by atoms with Crippen molar-refractivity contribution in [2.45, 2.75) is 44.9 Å². The van der Waals surface area contributed by atoms with Crippen molar-refractivity contribution in [3.63, 3.8) is 0 Å². The molecule has 1 fully saturated rings. The molecular formula is C14H18. The smallest absolute Gasteiger partial charge is 0.00999 e. The van der Waals surface area contributed by atoms with Gasteiger partial charge in [-0.1, -0.05) is 29.2 Å². The molecule has 0 aliphatic heterocycles. The first-order valence-corrected chi connectivity index (χ1v) is 6.33. The Hall–Kier alpha value is -0.520. The predicted molar refractivity (Wildman–Crippen MR) is 57.9 cm³/mol. The van der Waals surface area contributed by atoms with Gasteiger partial charge in [-0.25, -0.2) is 0 Å². The molecule has 3 atom stereocenters. The number of fused-ring (bicyclic) bond motifs is 1. The fourth-order valence-electron chi connectivity index (χ4n) is 4.05. The minimum Gasteiger partial charge on any atom is -0.0813 e. The standard InChI is InChI=1S/C14H18/c1-2-9-6-12(13(9)3-1)7-10-4-5-11-8-14(10)11/h6,9-10,13H,1-5,7-8H2/t9?,10-,13?/m0/s1. The monoisotopic (exact) mass is 186 g/mol. The minimum atomic E-state index is 0.998. The number of hydrogen-bond acceptors (Lipinski definition) is 0. The zero-order valence-corrected chi connectivity index (χ0v) is 8.76. The zero-order chi connectivity index (χ0) is 9.12. The molecule has 4 aliphatic rings. The molecule has 2 unspecified atom stereocenters. The van der Waals surface area contributed by atoms with Gasteiger partial charge in [0, 0.05) is 0 Å². The van der Waals surface area contributed by atoms with Crippen LogP contribution in [0, 0.1) is 17.8 Å². The Bertz CT molecular complexity index is 345. The molecule has 0 N–H and O–H groups in total. The van der Waals surface area contributed by atoms with Gasteiger partial charge in [0.05, 0.1) is 0 Å². The van der Waals surface area contributed by atoms with Crippen molar-refractivity contribution < 1.29 is 0 Å². The average molecular weight is 186 g/mol. The lowest BCUT2D eigenvalue weighted by atomic mass is 9.73. The van der Waals surface area contributed by atoms with E-state index in [0.29, 0.717) is 0 Å². The van der Waals surface area contributed by atoms with E-state index in [0.717, 1.165) is 17.8 Å². The molecule has 0 spiro atoms. The molecule has 0 aromatic carbocycles. The van der Waals surface area contributed by atoms with Gasteiger partial charge in [-0.3, -0.25) is 0 Å². The summed E-state index contributed by atoms with van der Waals surface area (Å²) in [4.78, 5) is 0. The lowest BCUT2D eigenvalue weighted by molar-refractivity contribution is 0.416. The molecule has 0 bridgehead atoms. The van der Waals surface area contributed by atoms with Crippen LogP contribution < -0.4 is 0 Å². The predicted octanol–water partition coefficient (Wildman–Crippen LogP) is 3.84. The first-order chi connectivity index (χ1) is 6.92. The van der Waals surface area contributed by atoms with E-state index in [1.54, 1.807) is 0 Å². The number of allylic oxidation sites excluding steroid dienone is 4. The molecule has 0 heteroatoms. The molecule has 0 nitrogen and oxygen atoms in total. The lowest BCUT2D eigenvalue weighted by Gasteiger charge is -2.32. The molecule has 74 valence electrons. The van der Waals surface area contributed by atoms with Gasteiger partial charge >= 0.3 is 0 Å². The van der Waals surface area contributed by atoms with E-state index < -0.39 is 0 Å². The van der Waals surface area contributed by atoms with Crippen LogP contribution in [-0.2, 0) is 0 Å². The summed E-state index contributed by atoms with van der Waals surface area (Å²) in [6.45, 7) is 0. The van der Waals surface area contributed by atoms with E-state index in [4.69, 9.17) is 0 Å². The van der Waals surface area contributed by atoms with E-state index in [1.807, 2.05) is 16.7 Å². The van der Waals surface area contributed by atoms with Gasteiger partial charge in [-0.15, -0.1) is 0 Å². The highest BCUT2D eigenvalue weighted by atomic mass is 14.5. The third-order valence-electron chi connectivity index (χ3n) is 4.98. The Balaban J connectivity index is 1.47. The van der Waals surface area contributed by atoms with Crippen LogP contribution in [0.3, 0.4) is 0 Å². The van der Waals surface area contributed by atoms with Gasteiger partial charge in [-0.2, -0.15) is 0 Å². The number of rotatable bonds is 2. The van der Waals surface area contributed by atoms with Crippen LogP contribution >= 0.6 is 0 Å². The molecular weight excluding hydrogens is 168 g/mol. The second kappa shape index (κ2) is 2.53. The number of hydrogen-bond donors (Lipinski definition) is 0. The molecule has 1 saturated carbocycles. The van der Waals surface area contributed by atoms with E-state index in [2.05, 4.69) is 6.08 Å². The highest BCUT2D eigenvalue weighted by molar-refractivity contribution is 5.42. The van der Waals surface area contributed by atoms with Crippen LogP contribution in [0.15, 0.2) is 22.8 Å². The Morgan fingerprint density at radius 1 is 1.21 bits per heavy atom. The maximum Gasteiger partial charge on any atom is -0.00999 e. The molecule has 0 aromatic heterocycles. The summed E-state index contributed by atoms with van der Waals surface area (Å²) in [6.07, 6.45) is 12.9. The Labute approximate surface area is 86.1 Å². The van der Waals surface area contributed by atoms with Crippen molar-refractivity contribution in [2.24, 2.45) is 17.8 Å². The summed E-state index contributed by atoms with van der Waals surface area (Å²) < 4.78 is 0.